The molecule has 1 aliphatic rings. The summed E-state index contributed by atoms with van der Waals surface area (Å²) < 4.78 is 27.1. The highest BCUT2D eigenvalue weighted by molar-refractivity contribution is 5.95. The molecule has 3 aromatic rings. The predicted octanol–water partition coefficient (Wildman–Crippen LogP) is 4.97. The molecule has 0 amide bonds. The Kier molecular flexibility index (Phi) is 5.25. The van der Waals surface area contributed by atoms with Crippen molar-refractivity contribution in [2.75, 3.05) is 23.3 Å². The van der Waals surface area contributed by atoms with E-state index in [9.17, 15) is 14.0 Å². The van der Waals surface area contributed by atoms with Crippen LogP contribution >= 0.6 is 0 Å². The maximum Gasteiger partial charge on any atom is 0.251 e. The summed E-state index contributed by atoms with van der Waals surface area (Å²) in [6.45, 7) is 5.01. The number of hydrogen-bond acceptors (Lipinski definition) is 5. The van der Waals surface area contributed by atoms with Crippen LogP contribution in [0.25, 0.3) is 10.8 Å². The number of piperidine rings is 1. The second-order valence-corrected chi connectivity index (χ2v) is 7.76. The standard InChI is InChI=1S/C23H23F2N5/c1-15-17(13-26)4-3-5-18(15)14-27-22-21-12-19(6-7-20(21)16(2)28-29-22)30-10-8-23(24,25)9-11-30/h3-7,12H,8-11,14H2,1-2H3,(H,27,29). The summed E-state index contributed by atoms with van der Waals surface area (Å²) in [5.74, 6) is -1.93. The molecule has 154 valence electrons. The second-order valence-electron chi connectivity index (χ2n) is 7.76. The van der Waals surface area contributed by atoms with Crippen LogP contribution in [0.2, 0.25) is 0 Å². The molecule has 2 aromatic carbocycles. The Hall–Kier alpha value is -3.27. The van der Waals surface area contributed by atoms with Gasteiger partial charge in [-0.2, -0.15) is 10.4 Å². The van der Waals surface area contributed by atoms with Crippen molar-refractivity contribution in [3.05, 3.63) is 58.8 Å². The Bertz CT molecular complexity index is 1130. The molecule has 1 fully saturated rings. The molecule has 2 heterocycles. The maximum absolute atomic E-state index is 13.5. The number of hydrogen-bond donors (Lipinski definition) is 1. The van der Waals surface area contributed by atoms with E-state index in [1.54, 1.807) is 6.07 Å². The highest BCUT2D eigenvalue weighted by Crippen LogP contribution is 2.33. The summed E-state index contributed by atoms with van der Waals surface area (Å²) in [6, 6.07) is 13.8. The quantitative estimate of drug-likeness (QED) is 0.662. The van der Waals surface area contributed by atoms with E-state index in [0.717, 1.165) is 33.3 Å². The topological polar surface area (TPSA) is 64.8 Å². The van der Waals surface area contributed by atoms with Gasteiger partial charge < -0.3 is 10.2 Å². The first-order valence-electron chi connectivity index (χ1n) is 10.0. The number of halogens is 2. The molecule has 1 aromatic heterocycles. The molecule has 0 saturated carbocycles. The number of rotatable bonds is 4. The van der Waals surface area contributed by atoms with E-state index in [-0.39, 0.29) is 12.8 Å². The number of benzene rings is 2. The molecule has 5 nitrogen and oxygen atoms in total. The van der Waals surface area contributed by atoms with Crippen molar-refractivity contribution >= 4 is 22.3 Å². The average molecular weight is 407 g/mol. The van der Waals surface area contributed by atoms with Crippen molar-refractivity contribution in [3.63, 3.8) is 0 Å². The Morgan fingerprint density at radius 3 is 2.60 bits per heavy atom. The van der Waals surface area contributed by atoms with Crippen LogP contribution in [-0.2, 0) is 6.54 Å². The monoisotopic (exact) mass is 407 g/mol. The van der Waals surface area contributed by atoms with Crippen molar-refractivity contribution in [1.82, 2.24) is 10.2 Å². The molecule has 0 aliphatic carbocycles. The zero-order chi connectivity index (χ0) is 21.3. The van der Waals surface area contributed by atoms with Gasteiger partial charge in [0.1, 0.15) is 0 Å². The van der Waals surface area contributed by atoms with E-state index in [2.05, 4.69) is 21.6 Å². The molecule has 30 heavy (non-hydrogen) atoms. The number of nitrogens with one attached hydrogen (secondary N) is 1. The van der Waals surface area contributed by atoms with Gasteiger partial charge >= 0.3 is 0 Å². The number of aryl methyl sites for hydroxylation is 1. The molecular weight excluding hydrogens is 384 g/mol. The minimum Gasteiger partial charge on any atom is -0.371 e. The zero-order valence-corrected chi connectivity index (χ0v) is 17.0. The number of fused-ring (bicyclic) bond motifs is 1. The first-order valence-corrected chi connectivity index (χ1v) is 10.0. The fraction of sp³-hybridized carbons (Fsp3) is 0.348. The van der Waals surface area contributed by atoms with Crippen LogP contribution in [0.15, 0.2) is 36.4 Å². The molecule has 7 heteroatoms. The van der Waals surface area contributed by atoms with E-state index in [1.165, 1.54) is 0 Å². The largest absolute Gasteiger partial charge is 0.371 e. The van der Waals surface area contributed by atoms with Crippen LogP contribution in [0.4, 0.5) is 20.3 Å². The van der Waals surface area contributed by atoms with Crippen molar-refractivity contribution in [2.45, 2.75) is 39.2 Å². The van der Waals surface area contributed by atoms with Crippen molar-refractivity contribution in [1.29, 1.82) is 5.26 Å². The van der Waals surface area contributed by atoms with Crippen molar-refractivity contribution in [3.8, 4) is 6.07 Å². The van der Waals surface area contributed by atoms with E-state index in [0.29, 0.717) is 31.0 Å². The number of alkyl halides is 2. The molecule has 0 unspecified atom stereocenters. The fourth-order valence-electron chi connectivity index (χ4n) is 3.87. The molecule has 1 saturated heterocycles. The highest BCUT2D eigenvalue weighted by atomic mass is 19.3. The third-order valence-corrected chi connectivity index (χ3v) is 5.82. The summed E-state index contributed by atoms with van der Waals surface area (Å²) >= 11 is 0. The van der Waals surface area contributed by atoms with Crippen LogP contribution in [0.1, 0.15) is 35.2 Å². The van der Waals surface area contributed by atoms with Gasteiger partial charge in [0.15, 0.2) is 5.82 Å². The van der Waals surface area contributed by atoms with Gasteiger partial charge in [-0.25, -0.2) is 8.78 Å². The summed E-state index contributed by atoms with van der Waals surface area (Å²) in [7, 11) is 0. The van der Waals surface area contributed by atoms with E-state index < -0.39 is 5.92 Å². The second kappa shape index (κ2) is 7.86. The van der Waals surface area contributed by atoms with E-state index >= 15 is 0 Å². The molecule has 0 bridgehead atoms. The summed E-state index contributed by atoms with van der Waals surface area (Å²) in [5.41, 5.74) is 4.33. The molecule has 0 spiro atoms. The van der Waals surface area contributed by atoms with Gasteiger partial charge in [0, 0.05) is 48.9 Å². The van der Waals surface area contributed by atoms with Crippen LogP contribution in [0.3, 0.4) is 0 Å². The van der Waals surface area contributed by atoms with Gasteiger partial charge in [0.2, 0.25) is 0 Å². The first kappa shape index (κ1) is 20.0. The van der Waals surface area contributed by atoms with E-state index in [1.807, 2.05) is 49.1 Å². The number of nitriles is 1. The smallest absolute Gasteiger partial charge is 0.251 e. The minimum absolute atomic E-state index is 0.127. The van der Waals surface area contributed by atoms with Crippen molar-refractivity contribution in [2.24, 2.45) is 0 Å². The SMILES string of the molecule is Cc1c(C#N)cccc1CNc1nnc(C)c2ccc(N3CCC(F)(F)CC3)cc12. The normalized spacial score (nSPS) is 15.8. The van der Waals surface area contributed by atoms with Crippen LogP contribution < -0.4 is 10.2 Å². The van der Waals surface area contributed by atoms with Crippen molar-refractivity contribution < 1.29 is 8.78 Å². The third kappa shape index (κ3) is 3.90. The lowest BCUT2D eigenvalue weighted by atomic mass is 10.0. The minimum atomic E-state index is -2.57. The lowest BCUT2D eigenvalue weighted by Crippen LogP contribution is -2.39. The summed E-state index contributed by atoms with van der Waals surface area (Å²) in [5, 5.41) is 23.1. The lowest BCUT2D eigenvalue weighted by molar-refractivity contribution is -0.0220. The summed E-state index contributed by atoms with van der Waals surface area (Å²) in [6.07, 6.45) is -0.253. The maximum atomic E-state index is 13.5. The molecule has 1 aliphatic heterocycles. The van der Waals surface area contributed by atoms with Crippen LogP contribution in [-0.4, -0.2) is 29.2 Å². The van der Waals surface area contributed by atoms with E-state index in [4.69, 9.17) is 0 Å². The van der Waals surface area contributed by atoms with Gasteiger partial charge in [-0.3, -0.25) is 0 Å². The number of nitrogens with zero attached hydrogens (tertiary/aromatic N) is 4. The number of aromatic nitrogens is 2. The van der Waals surface area contributed by atoms with Gasteiger partial charge in [0.05, 0.1) is 17.3 Å². The number of anilines is 2. The van der Waals surface area contributed by atoms with Crippen LogP contribution in [0, 0.1) is 25.2 Å². The Morgan fingerprint density at radius 1 is 1.10 bits per heavy atom. The molecule has 0 atom stereocenters. The molecule has 1 N–H and O–H groups in total. The molecule has 4 rings (SSSR count). The average Bonchev–Trinajstić information content (AvgIpc) is 2.74. The van der Waals surface area contributed by atoms with Crippen LogP contribution in [0.5, 0.6) is 0 Å². The summed E-state index contributed by atoms with van der Waals surface area (Å²) in [4.78, 5) is 2.00. The third-order valence-electron chi connectivity index (χ3n) is 5.82. The van der Waals surface area contributed by atoms with Gasteiger partial charge in [-0.05, 0) is 43.2 Å². The van der Waals surface area contributed by atoms with Gasteiger partial charge in [-0.15, -0.1) is 5.10 Å². The molecule has 0 radical (unpaired) electrons. The van der Waals surface area contributed by atoms with Gasteiger partial charge in [0.25, 0.3) is 5.92 Å². The molecular formula is C23H23F2N5. The highest BCUT2D eigenvalue weighted by Gasteiger charge is 2.34. The Balaban J connectivity index is 1.63. The fourth-order valence-corrected chi connectivity index (χ4v) is 3.87. The Labute approximate surface area is 174 Å². The lowest BCUT2D eigenvalue weighted by Gasteiger charge is -2.33. The first-order chi connectivity index (χ1) is 14.4. The zero-order valence-electron chi connectivity index (χ0n) is 17.0. The van der Waals surface area contributed by atoms with Gasteiger partial charge in [-0.1, -0.05) is 18.2 Å². The Morgan fingerprint density at radius 2 is 1.87 bits per heavy atom. The predicted molar refractivity (Wildman–Crippen MR) is 114 cm³/mol.